The summed E-state index contributed by atoms with van der Waals surface area (Å²) in [7, 11) is 2.06. The lowest BCUT2D eigenvalue weighted by Crippen LogP contribution is -2.58. The van der Waals surface area contributed by atoms with E-state index >= 15 is 0 Å². The molecule has 146 valence electrons. The summed E-state index contributed by atoms with van der Waals surface area (Å²) in [6.07, 6.45) is 12.9. The van der Waals surface area contributed by atoms with Gasteiger partial charge in [-0.15, -0.1) is 0 Å². The van der Waals surface area contributed by atoms with Gasteiger partial charge in [-0.3, -0.25) is 0 Å². The van der Waals surface area contributed by atoms with Crippen molar-refractivity contribution in [2.75, 3.05) is 0 Å². The van der Waals surface area contributed by atoms with Crippen molar-refractivity contribution in [2.45, 2.75) is 96.9 Å². The molecular formula is C23H39BO2. The SMILES string of the molecule is BCC(=O)[C@H]1CCC[C@H]2[C@@H]3CC[C@H]4C[C@](C)(O)CC[C@]4(C)[C@H]3CC[C@]12C. The van der Waals surface area contributed by atoms with E-state index in [1.165, 1.54) is 44.9 Å². The van der Waals surface area contributed by atoms with Crippen molar-refractivity contribution >= 4 is 13.6 Å². The number of fused-ring (bicyclic) bond motifs is 5. The topological polar surface area (TPSA) is 37.3 Å². The quantitative estimate of drug-likeness (QED) is 0.743. The average molecular weight is 358 g/mol. The standard InChI is InChI=1S/C23H39BO2/c1-21(26)11-12-22(2)15(13-21)7-8-16-17-5-4-6-19(20(25)14-24)23(17,3)10-9-18(16)22/h15-19,26H,4-14,24H2,1-3H3/t15-,16-,17-,18-,19+,21+,22-,23-/m0/s1. The zero-order chi connectivity index (χ0) is 18.7. The van der Waals surface area contributed by atoms with Crippen LogP contribution in [0.15, 0.2) is 0 Å². The molecule has 26 heavy (non-hydrogen) atoms. The Hall–Kier alpha value is -0.305. The number of carbonyl (C=O) groups is 1. The van der Waals surface area contributed by atoms with Crippen LogP contribution in [0.4, 0.5) is 0 Å². The fraction of sp³-hybridized carbons (Fsp3) is 0.957. The van der Waals surface area contributed by atoms with Gasteiger partial charge in [0.05, 0.1) is 5.60 Å². The summed E-state index contributed by atoms with van der Waals surface area (Å²) in [6.45, 7) is 7.09. The fourth-order valence-electron chi connectivity index (χ4n) is 8.40. The number of hydrogen-bond acceptors (Lipinski definition) is 2. The normalized spacial score (nSPS) is 53.9. The van der Waals surface area contributed by atoms with E-state index in [4.69, 9.17) is 0 Å². The molecule has 4 aliphatic carbocycles. The molecule has 4 rings (SSSR count). The predicted octanol–water partition coefficient (Wildman–Crippen LogP) is 4.41. The van der Waals surface area contributed by atoms with Gasteiger partial charge in [0.25, 0.3) is 0 Å². The Morgan fingerprint density at radius 3 is 2.42 bits per heavy atom. The summed E-state index contributed by atoms with van der Waals surface area (Å²) in [5.41, 5.74) is 0.244. The highest BCUT2D eigenvalue weighted by Gasteiger charge is 2.60. The van der Waals surface area contributed by atoms with Gasteiger partial charge in [-0.1, -0.05) is 20.3 Å². The third kappa shape index (κ3) is 2.74. The van der Waals surface area contributed by atoms with Crippen LogP contribution in [0, 0.1) is 40.4 Å². The van der Waals surface area contributed by atoms with Crippen LogP contribution in [0.3, 0.4) is 0 Å². The maximum absolute atomic E-state index is 12.7. The van der Waals surface area contributed by atoms with Crippen molar-refractivity contribution in [3.63, 3.8) is 0 Å². The maximum Gasteiger partial charge on any atom is 0.128 e. The van der Waals surface area contributed by atoms with E-state index in [0.29, 0.717) is 23.0 Å². The first kappa shape index (κ1) is 19.0. The zero-order valence-electron chi connectivity index (χ0n) is 17.5. The summed E-state index contributed by atoms with van der Waals surface area (Å²) >= 11 is 0. The number of aliphatic hydroxyl groups is 1. The molecule has 2 nitrogen and oxygen atoms in total. The van der Waals surface area contributed by atoms with Crippen LogP contribution >= 0.6 is 0 Å². The molecule has 0 aromatic heterocycles. The second-order valence-electron chi connectivity index (χ2n) is 11.2. The molecule has 0 spiro atoms. The van der Waals surface area contributed by atoms with E-state index in [-0.39, 0.29) is 5.41 Å². The van der Waals surface area contributed by atoms with Crippen LogP contribution in [0.25, 0.3) is 0 Å². The average Bonchev–Trinajstić information content (AvgIpc) is 2.60. The lowest BCUT2D eigenvalue weighted by molar-refractivity contribution is -0.168. The van der Waals surface area contributed by atoms with Crippen molar-refractivity contribution < 1.29 is 9.90 Å². The maximum atomic E-state index is 12.7. The smallest absolute Gasteiger partial charge is 0.128 e. The van der Waals surface area contributed by atoms with Crippen LogP contribution < -0.4 is 0 Å². The molecule has 0 unspecified atom stereocenters. The van der Waals surface area contributed by atoms with Gasteiger partial charge in [-0.05, 0) is 106 Å². The molecule has 1 N–H and O–H groups in total. The molecule has 0 aliphatic heterocycles. The van der Waals surface area contributed by atoms with E-state index in [1.54, 1.807) is 0 Å². The highest BCUT2D eigenvalue weighted by atomic mass is 16.3. The molecule has 0 aromatic rings. The summed E-state index contributed by atoms with van der Waals surface area (Å²) in [4.78, 5) is 12.7. The van der Waals surface area contributed by atoms with E-state index < -0.39 is 5.60 Å². The summed E-state index contributed by atoms with van der Waals surface area (Å²) in [5, 5.41) is 10.6. The number of ketones is 1. The molecule has 0 saturated heterocycles. The highest BCUT2D eigenvalue weighted by molar-refractivity contribution is 6.20. The second kappa shape index (κ2) is 6.36. The van der Waals surface area contributed by atoms with E-state index in [9.17, 15) is 9.90 Å². The minimum Gasteiger partial charge on any atom is -0.390 e. The van der Waals surface area contributed by atoms with Gasteiger partial charge < -0.3 is 9.90 Å². The Bertz CT molecular complexity index is 573. The van der Waals surface area contributed by atoms with Gasteiger partial charge in [0.2, 0.25) is 0 Å². The van der Waals surface area contributed by atoms with Gasteiger partial charge in [-0.25, -0.2) is 0 Å². The van der Waals surface area contributed by atoms with Crippen LogP contribution in [-0.4, -0.2) is 24.3 Å². The molecule has 0 heterocycles. The van der Waals surface area contributed by atoms with Crippen molar-refractivity contribution in [2.24, 2.45) is 40.4 Å². The van der Waals surface area contributed by atoms with E-state index in [1.807, 2.05) is 0 Å². The van der Waals surface area contributed by atoms with Crippen molar-refractivity contribution in [1.82, 2.24) is 0 Å². The van der Waals surface area contributed by atoms with Crippen molar-refractivity contribution in [3.05, 3.63) is 0 Å². The monoisotopic (exact) mass is 358 g/mol. The summed E-state index contributed by atoms with van der Waals surface area (Å²) < 4.78 is 0. The minimum atomic E-state index is -0.441. The number of carbonyl (C=O) groups excluding carboxylic acids is 1. The molecule has 8 atom stereocenters. The van der Waals surface area contributed by atoms with Crippen LogP contribution in [0.1, 0.15) is 85.0 Å². The van der Waals surface area contributed by atoms with Crippen LogP contribution in [-0.2, 0) is 4.79 Å². The lowest BCUT2D eigenvalue weighted by Gasteiger charge is -2.64. The molecule has 0 radical (unpaired) electrons. The Morgan fingerprint density at radius 2 is 1.69 bits per heavy atom. The fourth-order valence-corrected chi connectivity index (χ4v) is 8.40. The van der Waals surface area contributed by atoms with Gasteiger partial charge in [0, 0.05) is 5.92 Å². The van der Waals surface area contributed by atoms with Crippen LogP contribution in [0.2, 0.25) is 6.32 Å². The molecule has 0 aromatic carbocycles. The predicted molar refractivity (Wildman–Crippen MR) is 109 cm³/mol. The van der Waals surface area contributed by atoms with Gasteiger partial charge in [0.1, 0.15) is 13.6 Å². The number of rotatable bonds is 2. The van der Waals surface area contributed by atoms with Crippen molar-refractivity contribution in [3.8, 4) is 0 Å². The summed E-state index contributed by atoms with van der Waals surface area (Å²) in [6, 6.07) is 0. The molecule has 4 fully saturated rings. The zero-order valence-corrected chi connectivity index (χ0v) is 17.5. The van der Waals surface area contributed by atoms with Gasteiger partial charge >= 0.3 is 0 Å². The molecule has 0 amide bonds. The molecule has 0 bridgehead atoms. The van der Waals surface area contributed by atoms with Gasteiger partial charge in [0.15, 0.2) is 0 Å². The third-order valence-electron chi connectivity index (χ3n) is 9.93. The van der Waals surface area contributed by atoms with Crippen molar-refractivity contribution in [1.29, 1.82) is 0 Å². The minimum absolute atomic E-state index is 0.260. The first-order valence-corrected chi connectivity index (χ1v) is 11.5. The molecule has 3 heteroatoms. The van der Waals surface area contributed by atoms with Crippen LogP contribution in [0.5, 0.6) is 0 Å². The second-order valence-corrected chi connectivity index (χ2v) is 11.2. The Kier molecular flexibility index (Phi) is 4.65. The van der Waals surface area contributed by atoms with E-state index in [2.05, 4.69) is 28.6 Å². The Balaban J connectivity index is 1.61. The third-order valence-corrected chi connectivity index (χ3v) is 9.93. The Labute approximate surface area is 161 Å². The largest absolute Gasteiger partial charge is 0.390 e. The van der Waals surface area contributed by atoms with Gasteiger partial charge in [-0.2, -0.15) is 0 Å². The highest BCUT2D eigenvalue weighted by Crippen LogP contribution is 2.67. The first-order chi connectivity index (χ1) is 12.2. The lowest BCUT2D eigenvalue weighted by atomic mass is 9.41. The number of hydrogen-bond donors (Lipinski definition) is 1. The molecule has 4 saturated carbocycles. The molecular weight excluding hydrogens is 319 g/mol. The first-order valence-electron chi connectivity index (χ1n) is 11.5. The van der Waals surface area contributed by atoms with E-state index in [0.717, 1.165) is 43.3 Å². The summed E-state index contributed by atoms with van der Waals surface area (Å²) in [5.74, 6) is 3.97. The molecule has 4 aliphatic rings. The Morgan fingerprint density at radius 1 is 0.962 bits per heavy atom. The number of Topliss-reactive ketones (excluding diaryl/α,β-unsaturated/α-hetero) is 1.